The second kappa shape index (κ2) is 7.23. The van der Waals surface area contributed by atoms with Gasteiger partial charge < -0.3 is 10.6 Å². The van der Waals surface area contributed by atoms with Crippen LogP contribution >= 0.6 is 12.2 Å². The molecule has 2 nitrogen and oxygen atoms in total. The molecule has 2 aromatic rings. The van der Waals surface area contributed by atoms with Crippen molar-refractivity contribution < 1.29 is 0 Å². The molecule has 0 aromatic heterocycles. The maximum absolute atomic E-state index is 5.34. The molecule has 0 fully saturated rings. The maximum Gasteiger partial charge on any atom is 0.170 e. The first kappa shape index (κ1) is 15.5. The minimum Gasteiger partial charge on any atom is -0.362 e. The molecule has 2 rings (SSSR count). The molecule has 0 aliphatic carbocycles. The van der Waals surface area contributed by atoms with Crippen molar-refractivity contribution in [1.82, 2.24) is 5.32 Å². The Balaban J connectivity index is 1.82. The number of nitrogens with one attached hydrogen (secondary N) is 2. The summed E-state index contributed by atoms with van der Waals surface area (Å²) in [5.41, 5.74) is 6.28. The van der Waals surface area contributed by atoms with Gasteiger partial charge in [-0.25, -0.2) is 0 Å². The number of hydrogen-bond acceptors (Lipinski definition) is 1. The fourth-order valence-corrected chi connectivity index (χ4v) is 2.42. The van der Waals surface area contributed by atoms with Gasteiger partial charge in [0.05, 0.1) is 0 Å². The van der Waals surface area contributed by atoms with Crippen LogP contribution in [-0.2, 0) is 6.42 Å². The van der Waals surface area contributed by atoms with Gasteiger partial charge >= 0.3 is 0 Å². The Labute approximate surface area is 132 Å². The Morgan fingerprint density at radius 3 is 2.43 bits per heavy atom. The van der Waals surface area contributed by atoms with Crippen LogP contribution in [0.3, 0.4) is 0 Å². The molecule has 0 spiro atoms. The van der Waals surface area contributed by atoms with Gasteiger partial charge in [0, 0.05) is 12.2 Å². The fraction of sp³-hybridized carbons (Fsp3) is 0.278. The lowest BCUT2D eigenvalue weighted by atomic mass is 10.1. The van der Waals surface area contributed by atoms with Crippen molar-refractivity contribution in [2.24, 2.45) is 0 Å². The highest BCUT2D eigenvalue weighted by molar-refractivity contribution is 7.80. The lowest BCUT2D eigenvalue weighted by Crippen LogP contribution is -2.30. The first-order valence-corrected chi connectivity index (χ1v) is 7.63. The van der Waals surface area contributed by atoms with Crippen LogP contribution in [0.15, 0.2) is 42.5 Å². The van der Waals surface area contributed by atoms with E-state index in [1.807, 2.05) is 0 Å². The third-order valence-corrected chi connectivity index (χ3v) is 3.95. The average Bonchev–Trinajstić information content (AvgIpc) is 2.45. The molecule has 2 aromatic carbocycles. The summed E-state index contributed by atoms with van der Waals surface area (Å²) in [4.78, 5) is 0. The predicted molar refractivity (Wildman–Crippen MR) is 95.0 cm³/mol. The van der Waals surface area contributed by atoms with Crippen LogP contribution in [0.4, 0.5) is 5.69 Å². The van der Waals surface area contributed by atoms with Gasteiger partial charge in [-0.3, -0.25) is 0 Å². The number of benzene rings is 2. The topological polar surface area (TPSA) is 24.1 Å². The van der Waals surface area contributed by atoms with Crippen LogP contribution in [0.25, 0.3) is 0 Å². The third kappa shape index (κ3) is 4.57. The molecule has 0 bridgehead atoms. The van der Waals surface area contributed by atoms with Crippen LogP contribution in [0, 0.1) is 20.8 Å². The van der Waals surface area contributed by atoms with Crippen molar-refractivity contribution in [3.8, 4) is 0 Å². The highest BCUT2D eigenvalue weighted by Crippen LogP contribution is 2.14. The van der Waals surface area contributed by atoms with E-state index >= 15 is 0 Å². The molecule has 110 valence electrons. The molecule has 0 aliphatic rings. The largest absolute Gasteiger partial charge is 0.362 e. The Bertz CT molecular complexity index is 635. The summed E-state index contributed by atoms with van der Waals surface area (Å²) in [6, 6.07) is 14.7. The first-order valence-electron chi connectivity index (χ1n) is 7.23. The molecule has 0 aliphatic heterocycles. The zero-order valence-corrected chi connectivity index (χ0v) is 13.7. The Morgan fingerprint density at radius 1 is 0.952 bits per heavy atom. The Kier molecular flexibility index (Phi) is 5.34. The van der Waals surface area contributed by atoms with Crippen LogP contribution in [-0.4, -0.2) is 11.7 Å². The normalized spacial score (nSPS) is 10.2. The molecule has 0 saturated heterocycles. The average molecular weight is 298 g/mol. The standard InChI is InChI=1S/C18H22N2S/c1-13-8-9-17(12-15(13)3)20-18(21)19-11-10-16-7-5-4-6-14(16)2/h4-9,12H,10-11H2,1-3H3,(H2,19,20,21). The lowest BCUT2D eigenvalue weighted by Gasteiger charge is -2.12. The summed E-state index contributed by atoms with van der Waals surface area (Å²) >= 11 is 5.34. The molecule has 0 heterocycles. The molecule has 0 radical (unpaired) electrons. The minimum atomic E-state index is 0.673. The van der Waals surface area contributed by atoms with Crippen molar-refractivity contribution in [1.29, 1.82) is 0 Å². The zero-order chi connectivity index (χ0) is 15.2. The predicted octanol–water partition coefficient (Wildman–Crippen LogP) is 4.14. The molecular formula is C18H22N2S. The van der Waals surface area contributed by atoms with Crippen molar-refractivity contribution in [2.75, 3.05) is 11.9 Å². The van der Waals surface area contributed by atoms with Crippen LogP contribution < -0.4 is 10.6 Å². The number of thiocarbonyl (C=S) groups is 1. The summed E-state index contributed by atoms with van der Waals surface area (Å²) in [6.07, 6.45) is 0.974. The van der Waals surface area contributed by atoms with E-state index in [-0.39, 0.29) is 0 Å². The number of aryl methyl sites for hydroxylation is 3. The second-order valence-electron chi connectivity index (χ2n) is 5.36. The monoisotopic (exact) mass is 298 g/mol. The van der Waals surface area contributed by atoms with Gasteiger partial charge in [0.25, 0.3) is 0 Å². The molecular weight excluding hydrogens is 276 g/mol. The van der Waals surface area contributed by atoms with Gasteiger partial charge in [0.2, 0.25) is 0 Å². The number of anilines is 1. The molecule has 0 amide bonds. The van der Waals surface area contributed by atoms with E-state index in [2.05, 4.69) is 73.9 Å². The summed E-state index contributed by atoms with van der Waals surface area (Å²) in [7, 11) is 0. The summed E-state index contributed by atoms with van der Waals surface area (Å²) in [6.45, 7) is 7.19. The molecule has 2 N–H and O–H groups in total. The van der Waals surface area contributed by atoms with E-state index in [9.17, 15) is 0 Å². The quantitative estimate of drug-likeness (QED) is 0.830. The van der Waals surface area contributed by atoms with E-state index in [0.29, 0.717) is 5.11 Å². The van der Waals surface area contributed by atoms with E-state index in [0.717, 1.165) is 18.7 Å². The Morgan fingerprint density at radius 2 is 1.71 bits per heavy atom. The number of rotatable bonds is 4. The highest BCUT2D eigenvalue weighted by atomic mass is 32.1. The molecule has 0 atom stereocenters. The minimum absolute atomic E-state index is 0.673. The van der Waals surface area contributed by atoms with E-state index < -0.39 is 0 Å². The second-order valence-corrected chi connectivity index (χ2v) is 5.76. The lowest BCUT2D eigenvalue weighted by molar-refractivity contribution is 0.868. The molecule has 0 unspecified atom stereocenters. The van der Waals surface area contributed by atoms with E-state index in [4.69, 9.17) is 12.2 Å². The van der Waals surface area contributed by atoms with Crippen molar-refractivity contribution >= 4 is 23.0 Å². The Hall–Kier alpha value is -1.87. The number of hydrogen-bond donors (Lipinski definition) is 2. The smallest absolute Gasteiger partial charge is 0.170 e. The summed E-state index contributed by atoms with van der Waals surface area (Å²) < 4.78 is 0. The van der Waals surface area contributed by atoms with Crippen LogP contribution in [0.1, 0.15) is 22.3 Å². The maximum atomic E-state index is 5.34. The highest BCUT2D eigenvalue weighted by Gasteiger charge is 2.01. The third-order valence-electron chi connectivity index (χ3n) is 3.71. The fourth-order valence-electron chi connectivity index (χ4n) is 2.20. The van der Waals surface area contributed by atoms with Gasteiger partial charge in [-0.2, -0.15) is 0 Å². The molecule has 21 heavy (non-hydrogen) atoms. The SMILES string of the molecule is Cc1ccc(NC(=S)NCCc2ccccc2C)cc1C. The summed E-state index contributed by atoms with van der Waals surface area (Å²) in [5, 5.41) is 7.17. The van der Waals surface area contributed by atoms with Crippen molar-refractivity contribution in [2.45, 2.75) is 27.2 Å². The van der Waals surface area contributed by atoms with E-state index in [1.165, 1.54) is 22.3 Å². The van der Waals surface area contributed by atoms with Gasteiger partial charge in [-0.1, -0.05) is 30.3 Å². The molecule has 0 saturated carbocycles. The van der Waals surface area contributed by atoms with E-state index in [1.54, 1.807) is 0 Å². The van der Waals surface area contributed by atoms with Gasteiger partial charge in [0.15, 0.2) is 5.11 Å². The van der Waals surface area contributed by atoms with Crippen LogP contribution in [0.2, 0.25) is 0 Å². The van der Waals surface area contributed by atoms with Gasteiger partial charge in [-0.15, -0.1) is 0 Å². The molecule has 3 heteroatoms. The van der Waals surface area contributed by atoms with Crippen molar-refractivity contribution in [3.05, 3.63) is 64.7 Å². The zero-order valence-electron chi connectivity index (χ0n) is 12.9. The van der Waals surface area contributed by atoms with Crippen LogP contribution in [0.5, 0.6) is 0 Å². The van der Waals surface area contributed by atoms with Crippen molar-refractivity contribution in [3.63, 3.8) is 0 Å². The summed E-state index contributed by atoms with van der Waals surface area (Å²) in [5.74, 6) is 0. The first-order chi connectivity index (χ1) is 10.1. The van der Waals surface area contributed by atoms with Gasteiger partial charge in [-0.05, 0) is 73.8 Å². The van der Waals surface area contributed by atoms with Gasteiger partial charge in [0.1, 0.15) is 0 Å².